The average Bonchev–Trinajstić information content (AvgIpc) is 2.90. The quantitative estimate of drug-likeness (QED) is 0.836. The lowest BCUT2D eigenvalue weighted by molar-refractivity contribution is -0.141. The largest absolute Gasteiger partial charge is 0.435 e. The topological polar surface area (TPSA) is 64.0 Å². The zero-order chi connectivity index (χ0) is 17.3. The molecule has 0 radical (unpaired) electrons. The number of nitrogens with one attached hydrogen (secondary N) is 1. The Morgan fingerprint density at radius 1 is 1.13 bits per heavy atom. The summed E-state index contributed by atoms with van der Waals surface area (Å²) in [5, 5.41) is 3.25. The molecule has 0 bridgehead atoms. The maximum Gasteiger partial charge on any atom is 0.435 e. The zero-order valence-corrected chi connectivity index (χ0v) is 12.1. The first-order valence-corrected chi connectivity index (χ1v) is 7.63. The van der Waals surface area contributed by atoms with Crippen LogP contribution in [0, 0.1) is 11.6 Å². The first-order chi connectivity index (χ1) is 10.6. The SMILES string of the molecule is O=S(=O)(NCCn1ccc(C(F)(F)F)n1)c1ccc(F)c(F)c1. The lowest BCUT2D eigenvalue weighted by Gasteiger charge is -2.07. The van der Waals surface area contributed by atoms with Crippen molar-refractivity contribution in [2.75, 3.05) is 6.54 Å². The molecule has 1 aromatic heterocycles. The van der Waals surface area contributed by atoms with E-state index >= 15 is 0 Å². The summed E-state index contributed by atoms with van der Waals surface area (Å²) in [6.07, 6.45) is -3.54. The van der Waals surface area contributed by atoms with Gasteiger partial charge in [-0.1, -0.05) is 0 Å². The molecule has 126 valence electrons. The third-order valence-electron chi connectivity index (χ3n) is 2.77. The van der Waals surface area contributed by atoms with Crippen LogP contribution < -0.4 is 4.72 Å². The number of sulfonamides is 1. The normalized spacial score (nSPS) is 12.6. The van der Waals surface area contributed by atoms with Crippen molar-refractivity contribution in [3.8, 4) is 0 Å². The van der Waals surface area contributed by atoms with E-state index in [0.29, 0.717) is 12.1 Å². The first-order valence-electron chi connectivity index (χ1n) is 6.15. The second kappa shape index (κ2) is 6.24. The molecule has 0 spiro atoms. The number of hydrogen-bond acceptors (Lipinski definition) is 3. The van der Waals surface area contributed by atoms with E-state index < -0.39 is 38.4 Å². The Hall–Kier alpha value is -2.01. The van der Waals surface area contributed by atoms with E-state index in [4.69, 9.17) is 0 Å². The van der Waals surface area contributed by atoms with Crippen LogP contribution in [-0.4, -0.2) is 24.7 Å². The van der Waals surface area contributed by atoms with Crippen LogP contribution in [0.3, 0.4) is 0 Å². The summed E-state index contributed by atoms with van der Waals surface area (Å²) in [5.74, 6) is -2.52. The van der Waals surface area contributed by atoms with E-state index in [-0.39, 0.29) is 13.1 Å². The number of nitrogens with zero attached hydrogens (tertiary/aromatic N) is 2. The summed E-state index contributed by atoms with van der Waals surface area (Å²) >= 11 is 0. The highest BCUT2D eigenvalue weighted by atomic mass is 32.2. The molecule has 23 heavy (non-hydrogen) atoms. The molecule has 0 aliphatic heterocycles. The van der Waals surface area contributed by atoms with Crippen molar-refractivity contribution in [1.82, 2.24) is 14.5 Å². The standard InChI is InChI=1S/C12H10F5N3O2S/c13-9-2-1-8(7-10(9)14)23(21,22)18-4-6-20-5-3-11(19-20)12(15,16)17/h1-3,5,7,18H,4,6H2. The van der Waals surface area contributed by atoms with Gasteiger partial charge in [-0.25, -0.2) is 21.9 Å². The molecule has 0 fully saturated rings. The highest BCUT2D eigenvalue weighted by molar-refractivity contribution is 7.89. The first kappa shape index (κ1) is 17.3. The average molecular weight is 355 g/mol. The summed E-state index contributed by atoms with van der Waals surface area (Å²) in [7, 11) is -4.11. The number of alkyl halides is 3. The molecular weight excluding hydrogens is 345 g/mol. The highest BCUT2D eigenvalue weighted by Crippen LogP contribution is 2.27. The maximum absolute atomic E-state index is 13.0. The van der Waals surface area contributed by atoms with Crippen LogP contribution in [0.2, 0.25) is 0 Å². The third kappa shape index (κ3) is 4.26. The fourth-order valence-electron chi connectivity index (χ4n) is 1.66. The molecule has 0 atom stereocenters. The van der Waals surface area contributed by atoms with Crippen molar-refractivity contribution in [2.45, 2.75) is 17.6 Å². The van der Waals surface area contributed by atoms with Gasteiger partial charge in [0.25, 0.3) is 0 Å². The van der Waals surface area contributed by atoms with Gasteiger partial charge in [-0.05, 0) is 24.3 Å². The van der Waals surface area contributed by atoms with Gasteiger partial charge in [0.2, 0.25) is 10.0 Å². The van der Waals surface area contributed by atoms with Crippen LogP contribution in [0.15, 0.2) is 35.4 Å². The van der Waals surface area contributed by atoms with E-state index in [9.17, 15) is 30.4 Å². The van der Waals surface area contributed by atoms with E-state index in [1.54, 1.807) is 0 Å². The molecule has 1 N–H and O–H groups in total. The van der Waals surface area contributed by atoms with E-state index in [1.807, 2.05) is 0 Å². The van der Waals surface area contributed by atoms with Gasteiger partial charge in [-0.3, -0.25) is 4.68 Å². The summed E-state index contributed by atoms with van der Waals surface area (Å²) < 4.78 is 89.5. The summed E-state index contributed by atoms with van der Waals surface area (Å²) in [4.78, 5) is -0.493. The summed E-state index contributed by atoms with van der Waals surface area (Å²) in [5.41, 5.74) is -1.10. The summed E-state index contributed by atoms with van der Waals surface area (Å²) in [6, 6.07) is 2.79. The van der Waals surface area contributed by atoms with Crippen molar-refractivity contribution in [2.24, 2.45) is 0 Å². The summed E-state index contributed by atoms with van der Waals surface area (Å²) in [6.45, 7) is -0.445. The molecule has 1 aromatic carbocycles. The van der Waals surface area contributed by atoms with Crippen LogP contribution in [0.1, 0.15) is 5.69 Å². The number of halogens is 5. The fraction of sp³-hybridized carbons (Fsp3) is 0.250. The molecular formula is C12H10F5N3O2S. The minimum atomic E-state index is -4.59. The lowest BCUT2D eigenvalue weighted by Crippen LogP contribution is -2.27. The predicted molar refractivity (Wildman–Crippen MR) is 68.8 cm³/mol. The lowest BCUT2D eigenvalue weighted by atomic mass is 10.3. The van der Waals surface area contributed by atoms with E-state index in [0.717, 1.165) is 23.0 Å². The number of aromatic nitrogens is 2. The van der Waals surface area contributed by atoms with Gasteiger partial charge in [0.05, 0.1) is 11.4 Å². The Morgan fingerprint density at radius 2 is 1.83 bits per heavy atom. The third-order valence-corrected chi connectivity index (χ3v) is 4.22. The molecule has 5 nitrogen and oxygen atoms in total. The molecule has 0 saturated heterocycles. The Labute approximate surface area is 127 Å². The second-order valence-corrected chi connectivity index (χ2v) is 6.20. The Balaban J connectivity index is 2.00. The van der Waals surface area contributed by atoms with E-state index in [2.05, 4.69) is 9.82 Å². The van der Waals surface area contributed by atoms with Crippen LogP contribution in [0.4, 0.5) is 22.0 Å². The zero-order valence-electron chi connectivity index (χ0n) is 11.3. The van der Waals surface area contributed by atoms with Gasteiger partial charge >= 0.3 is 6.18 Å². The minimum absolute atomic E-state index is 0.168. The van der Waals surface area contributed by atoms with Gasteiger partial charge < -0.3 is 0 Å². The Kier molecular flexibility index (Phi) is 4.71. The van der Waals surface area contributed by atoms with E-state index in [1.165, 1.54) is 0 Å². The molecule has 0 amide bonds. The van der Waals surface area contributed by atoms with Gasteiger partial charge in [0.15, 0.2) is 17.3 Å². The molecule has 0 saturated carbocycles. The van der Waals surface area contributed by atoms with Crippen LogP contribution in [0.25, 0.3) is 0 Å². The van der Waals surface area contributed by atoms with Crippen molar-refractivity contribution < 1.29 is 30.4 Å². The molecule has 0 unspecified atom stereocenters. The monoisotopic (exact) mass is 355 g/mol. The van der Waals surface area contributed by atoms with Crippen molar-refractivity contribution >= 4 is 10.0 Å². The van der Waals surface area contributed by atoms with Crippen molar-refractivity contribution in [3.05, 3.63) is 47.8 Å². The molecule has 2 rings (SSSR count). The molecule has 2 aromatic rings. The second-order valence-electron chi connectivity index (χ2n) is 4.44. The van der Waals surface area contributed by atoms with Gasteiger partial charge in [0.1, 0.15) is 0 Å². The fourth-order valence-corrected chi connectivity index (χ4v) is 2.69. The minimum Gasteiger partial charge on any atom is -0.271 e. The molecule has 0 aliphatic rings. The van der Waals surface area contributed by atoms with Crippen molar-refractivity contribution in [3.63, 3.8) is 0 Å². The van der Waals surface area contributed by atoms with Crippen LogP contribution in [0.5, 0.6) is 0 Å². The Bertz CT molecular complexity index is 801. The molecule has 1 heterocycles. The van der Waals surface area contributed by atoms with Gasteiger partial charge in [0, 0.05) is 12.7 Å². The Morgan fingerprint density at radius 3 is 2.39 bits per heavy atom. The van der Waals surface area contributed by atoms with Gasteiger partial charge in [-0.15, -0.1) is 0 Å². The number of rotatable bonds is 5. The maximum atomic E-state index is 13.0. The molecule has 11 heteroatoms. The smallest absolute Gasteiger partial charge is 0.271 e. The van der Waals surface area contributed by atoms with Crippen molar-refractivity contribution in [1.29, 1.82) is 0 Å². The van der Waals surface area contributed by atoms with Gasteiger partial charge in [-0.2, -0.15) is 18.3 Å². The number of hydrogen-bond donors (Lipinski definition) is 1. The van der Waals surface area contributed by atoms with Crippen LogP contribution >= 0.6 is 0 Å². The molecule has 0 aliphatic carbocycles. The number of benzene rings is 1. The highest BCUT2D eigenvalue weighted by Gasteiger charge is 2.33. The predicted octanol–water partition coefficient (Wildman–Crippen LogP) is 2.16. The van der Waals surface area contributed by atoms with Crippen LogP contribution in [-0.2, 0) is 22.7 Å².